The van der Waals surface area contributed by atoms with Gasteiger partial charge in [-0.05, 0) is 49.5 Å². The quantitative estimate of drug-likeness (QED) is 0.696. The van der Waals surface area contributed by atoms with Crippen LogP contribution in [0.4, 0.5) is 5.69 Å². The fourth-order valence-electron chi connectivity index (χ4n) is 3.81. The molecule has 0 radical (unpaired) electrons. The largest absolute Gasteiger partial charge is 0.399 e. The number of carbonyl (C=O) groups excluding carboxylic acids is 2. The number of benzene rings is 2. The van der Waals surface area contributed by atoms with Gasteiger partial charge in [0.2, 0.25) is 0 Å². The maximum absolute atomic E-state index is 12.9. The van der Waals surface area contributed by atoms with Crippen LogP contribution in [0.25, 0.3) is 10.8 Å². The predicted molar refractivity (Wildman–Crippen MR) is 94.0 cm³/mol. The molecule has 24 heavy (non-hydrogen) atoms. The summed E-state index contributed by atoms with van der Waals surface area (Å²) in [4.78, 5) is 29.4. The van der Waals surface area contributed by atoms with Crippen molar-refractivity contribution >= 4 is 28.3 Å². The van der Waals surface area contributed by atoms with Crippen LogP contribution in [0.5, 0.6) is 0 Å². The summed E-state index contributed by atoms with van der Waals surface area (Å²) in [7, 11) is 0. The molecule has 0 bridgehead atoms. The second kappa shape index (κ2) is 5.91. The molecule has 4 rings (SSSR count). The van der Waals surface area contributed by atoms with Crippen molar-refractivity contribution in [2.24, 2.45) is 0 Å². The molecule has 2 aromatic rings. The highest BCUT2D eigenvalue weighted by molar-refractivity contribution is 6.25. The molecule has 0 aliphatic carbocycles. The molecule has 2 amide bonds. The molecule has 0 atom stereocenters. The van der Waals surface area contributed by atoms with Crippen LogP contribution < -0.4 is 5.73 Å². The van der Waals surface area contributed by atoms with Gasteiger partial charge in [-0.2, -0.15) is 0 Å². The van der Waals surface area contributed by atoms with Crippen LogP contribution in [0.2, 0.25) is 0 Å². The van der Waals surface area contributed by atoms with Crippen molar-refractivity contribution in [1.82, 2.24) is 9.80 Å². The summed E-state index contributed by atoms with van der Waals surface area (Å²) in [5.41, 5.74) is 7.63. The maximum Gasteiger partial charge on any atom is 0.261 e. The number of hydrogen-bond donors (Lipinski definition) is 1. The number of imide groups is 1. The first-order chi connectivity index (χ1) is 11.6. The topological polar surface area (TPSA) is 66.6 Å². The number of amides is 2. The van der Waals surface area contributed by atoms with Crippen molar-refractivity contribution in [2.75, 3.05) is 31.9 Å². The normalized spacial score (nSPS) is 18.4. The summed E-state index contributed by atoms with van der Waals surface area (Å²) < 4.78 is 0. The summed E-state index contributed by atoms with van der Waals surface area (Å²) in [6.45, 7) is 3.28. The van der Waals surface area contributed by atoms with E-state index in [1.807, 2.05) is 18.2 Å². The Morgan fingerprint density at radius 1 is 0.917 bits per heavy atom. The van der Waals surface area contributed by atoms with E-state index in [2.05, 4.69) is 4.90 Å². The molecule has 2 N–H and O–H groups in total. The molecular weight excluding hydrogens is 302 g/mol. The molecule has 124 valence electrons. The molecule has 1 saturated heterocycles. The SMILES string of the molecule is Nc1cc2c3c(cccc3c1)C(=O)N(CCN1CCCCC1)C2=O. The molecular formula is C19H21N3O2. The molecule has 2 aliphatic rings. The third-order valence-corrected chi connectivity index (χ3v) is 5.04. The van der Waals surface area contributed by atoms with Crippen LogP contribution in [0.15, 0.2) is 30.3 Å². The van der Waals surface area contributed by atoms with Crippen molar-refractivity contribution in [3.8, 4) is 0 Å². The van der Waals surface area contributed by atoms with E-state index in [0.717, 1.165) is 30.4 Å². The van der Waals surface area contributed by atoms with Gasteiger partial charge in [0.1, 0.15) is 0 Å². The molecule has 5 nitrogen and oxygen atoms in total. The summed E-state index contributed by atoms with van der Waals surface area (Å²) >= 11 is 0. The van der Waals surface area contributed by atoms with Crippen molar-refractivity contribution in [2.45, 2.75) is 19.3 Å². The molecule has 2 aromatic carbocycles. The molecule has 0 saturated carbocycles. The van der Waals surface area contributed by atoms with Crippen molar-refractivity contribution in [1.29, 1.82) is 0 Å². The van der Waals surface area contributed by atoms with Gasteiger partial charge < -0.3 is 10.6 Å². The lowest BCUT2D eigenvalue weighted by Gasteiger charge is -2.31. The monoisotopic (exact) mass is 323 g/mol. The molecule has 5 heteroatoms. The Morgan fingerprint density at radius 3 is 2.46 bits per heavy atom. The fourth-order valence-corrected chi connectivity index (χ4v) is 3.81. The average Bonchev–Trinajstić information content (AvgIpc) is 2.60. The van der Waals surface area contributed by atoms with Gasteiger partial charge >= 0.3 is 0 Å². The van der Waals surface area contributed by atoms with E-state index in [4.69, 9.17) is 5.73 Å². The van der Waals surface area contributed by atoms with Gasteiger partial charge in [0.15, 0.2) is 0 Å². The van der Waals surface area contributed by atoms with Crippen LogP contribution in [0, 0.1) is 0 Å². The smallest absolute Gasteiger partial charge is 0.261 e. The van der Waals surface area contributed by atoms with Crippen LogP contribution in [0.3, 0.4) is 0 Å². The molecule has 0 spiro atoms. The Bertz CT molecular complexity index is 825. The Balaban J connectivity index is 1.66. The van der Waals surface area contributed by atoms with E-state index in [1.165, 1.54) is 24.2 Å². The summed E-state index contributed by atoms with van der Waals surface area (Å²) in [5.74, 6) is -0.423. The zero-order chi connectivity index (χ0) is 16.7. The minimum absolute atomic E-state index is 0.195. The third kappa shape index (κ3) is 2.45. The summed E-state index contributed by atoms with van der Waals surface area (Å²) in [6.07, 6.45) is 3.66. The van der Waals surface area contributed by atoms with Gasteiger partial charge in [0.05, 0.1) is 5.56 Å². The van der Waals surface area contributed by atoms with Crippen LogP contribution >= 0.6 is 0 Å². The van der Waals surface area contributed by atoms with Crippen LogP contribution in [-0.4, -0.2) is 47.8 Å². The number of nitrogen functional groups attached to an aromatic ring is 1. The minimum atomic E-state index is -0.229. The molecule has 0 aromatic heterocycles. The number of carbonyl (C=O) groups is 2. The lowest BCUT2D eigenvalue weighted by molar-refractivity contribution is 0.0588. The van der Waals surface area contributed by atoms with Gasteiger partial charge in [0.25, 0.3) is 11.8 Å². The van der Waals surface area contributed by atoms with Crippen LogP contribution in [0.1, 0.15) is 40.0 Å². The average molecular weight is 323 g/mol. The number of rotatable bonds is 3. The van der Waals surface area contributed by atoms with Crippen LogP contribution in [-0.2, 0) is 0 Å². The number of piperidine rings is 1. The standard InChI is InChI=1S/C19H21N3O2/c20-14-11-13-5-4-6-15-17(13)16(12-14)19(24)22(18(15)23)10-9-21-7-2-1-3-8-21/h4-6,11-12H,1-3,7-10,20H2. The molecule has 2 heterocycles. The highest BCUT2D eigenvalue weighted by atomic mass is 16.2. The van der Waals surface area contributed by atoms with E-state index >= 15 is 0 Å². The minimum Gasteiger partial charge on any atom is -0.399 e. The number of nitrogens with zero attached hydrogens (tertiary/aromatic N) is 2. The third-order valence-electron chi connectivity index (χ3n) is 5.04. The highest BCUT2D eigenvalue weighted by Gasteiger charge is 2.33. The zero-order valence-electron chi connectivity index (χ0n) is 13.6. The Hall–Kier alpha value is -2.40. The Labute approximate surface area is 141 Å². The molecule has 1 fully saturated rings. The van der Waals surface area contributed by atoms with Gasteiger partial charge in [0, 0.05) is 29.7 Å². The van der Waals surface area contributed by atoms with Crippen molar-refractivity contribution < 1.29 is 9.59 Å². The van der Waals surface area contributed by atoms with E-state index in [-0.39, 0.29) is 11.8 Å². The predicted octanol–water partition coefficient (Wildman–Crippen LogP) is 2.50. The van der Waals surface area contributed by atoms with Crippen molar-refractivity contribution in [3.05, 3.63) is 41.5 Å². The Morgan fingerprint density at radius 2 is 1.67 bits per heavy atom. The van der Waals surface area contributed by atoms with E-state index in [0.29, 0.717) is 23.4 Å². The van der Waals surface area contributed by atoms with Gasteiger partial charge in [-0.15, -0.1) is 0 Å². The van der Waals surface area contributed by atoms with Gasteiger partial charge in [-0.3, -0.25) is 14.5 Å². The first-order valence-corrected chi connectivity index (χ1v) is 8.56. The molecule has 2 aliphatic heterocycles. The Kier molecular flexibility index (Phi) is 3.73. The number of likely N-dealkylation sites (tertiary alicyclic amines) is 1. The second-order valence-corrected chi connectivity index (χ2v) is 6.64. The highest BCUT2D eigenvalue weighted by Crippen LogP contribution is 2.31. The number of hydrogen-bond acceptors (Lipinski definition) is 4. The first kappa shape index (κ1) is 15.1. The summed E-state index contributed by atoms with van der Waals surface area (Å²) in [5, 5.41) is 1.58. The zero-order valence-corrected chi connectivity index (χ0v) is 13.6. The van der Waals surface area contributed by atoms with E-state index in [9.17, 15) is 9.59 Å². The van der Waals surface area contributed by atoms with Crippen molar-refractivity contribution in [3.63, 3.8) is 0 Å². The maximum atomic E-state index is 12.9. The van der Waals surface area contributed by atoms with Gasteiger partial charge in [-0.1, -0.05) is 18.6 Å². The number of nitrogens with two attached hydrogens (primary N) is 1. The van der Waals surface area contributed by atoms with Gasteiger partial charge in [-0.25, -0.2) is 0 Å². The number of anilines is 1. The first-order valence-electron chi connectivity index (χ1n) is 8.56. The second-order valence-electron chi connectivity index (χ2n) is 6.64. The van der Waals surface area contributed by atoms with E-state index < -0.39 is 0 Å². The fraction of sp³-hybridized carbons (Fsp3) is 0.368. The summed E-state index contributed by atoms with van der Waals surface area (Å²) in [6, 6.07) is 9.03. The van der Waals surface area contributed by atoms with E-state index in [1.54, 1.807) is 12.1 Å². The lowest BCUT2D eigenvalue weighted by Crippen LogP contribution is -2.45. The lowest BCUT2D eigenvalue weighted by atomic mass is 9.93. The molecule has 0 unspecified atom stereocenters.